The van der Waals surface area contributed by atoms with E-state index in [9.17, 15) is 0 Å². The molecule has 0 saturated heterocycles. The van der Waals surface area contributed by atoms with E-state index in [-0.39, 0.29) is 12.4 Å². The largest absolute Gasteiger partial charge is 0.490 e. The fraction of sp³-hybridized carbons (Fsp3) is 0.455. The highest BCUT2D eigenvalue weighted by Crippen LogP contribution is 2.24. The van der Waals surface area contributed by atoms with Gasteiger partial charge in [-0.2, -0.15) is 0 Å². The van der Waals surface area contributed by atoms with Crippen LogP contribution in [-0.4, -0.2) is 6.10 Å². The van der Waals surface area contributed by atoms with Crippen molar-refractivity contribution in [3.05, 3.63) is 24.3 Å². The Kier molecular flexibility index (Phi) is 4.08. The molecule has 1 saturated carbocycles. The monoisotopic (exact) mass is 213 g/mol. The molecule has 0 atom stereocenters. The quantitative estimate of drug-likeness (QED) is 0.767. The summed E-state index contributed by atoms with van der Waals surface area (Å²) in [6, 6.07) is 7.63. The van der Waals surface area contributed by atoms with Crippen molar-refractivity contribution in [2.24, 2.45) is 0 Å². The van der Waals surface area contributed by atoms with Gasteiger partial charge in [0.25, 0.3) is 0 Å². The number of hydrogen-bond donors (Lipinski definition) is 1. The molecule has 0 aliphatic heterocycles. The summed E-state index contributed by atoms with van der Waals surface area (Å²) >= 11 is 0. The Morgan fingerprint density at radius 2 is 1.64 bits per heavy atom. The number of ether oxygens (including phenoxy) is 1. The zero-order chi connectivity index (χ0) is 9.10. The van der Waals surface area contributed by atoms with Crippen LogP contribution in [0.5, 0.6) is 5.75 Å². The molecule has 0 aromatic heterocycles. The van der Waals surface area contributed by atoms with E-state index in [1.807, 2.05) is 24.3 Å². The number of nitrogen functional groups attached to an aromatic ring is 1. The molecule has 2 rings (SSSR count). The van der Waals surface area contributed by atoms with Crippen LogP contribution in [0.4, 0.5) is 5.69 Å². The van der Waals surface area contributed by atoms with Crippen LogP contribution < -0.4 is 10.5 Å². The molecular formula is C11H16ClNO. The van der Waals surface area contributed by atoms with Gasteiger partial charge in [-0.25, -0.2) is 0 Å². The Bertz CT molecular complexity index is 267. The fourth-order valence-corrected chi connectivity index (χ4v) is 1.75. The van der Waals surface area contributed by atoms with Crippen molar-refractivity contribution in [1.82, 2.24) is 0 Å². The molecule has 1 aromatic carbocycles. The van der Waals surface area contributed by atoms with Crippen molar-refractivity contribution in [1.29, 1.82) is 0 Å². The number of hydrogen-bond acceptors (Lipinski definition) is 2. The Hall–Kier alpha value is -0.890. The van der Waals surface area contributed by atoms with E-state index >= 15 is 0 Å². The number of nitrogens with two attached hydrogens (primary N) is 1. The number of benzene rings is 1. The summed E-state index contributed by atoms with van der Waals surface area (Å²) in [6.07, 6.45) is 5.44. The molecule has 2 N–H and O–H groups in total. The second-order valence-corrected chi connectivity index (χ2v) is 3.59. The maximum Gasteiger partial charge on any atom is 0.119 e. The van der Waals surface area contributed by atoms with E-state index in [0.29, 0.717) is 6.10 Å². The van der Waals surface area contributed by atoms with Crippen LogP contribution in [0.25, 0.3) is 0 Å². The molecule has 1 aromatic rings. The lowest BCUT2D eigenvalue weighted by Crippen LogP contribution is -2.10. The second-order valence-electron chi connectivity index (χ2n) is 3.59. The van der Waals surface area contributed by atoms with Gasteiger partial charge in [0.1, 0.15) is 5.75 Å². The summed E-state index contributed by atoms with van der Waals surface area (Å²) in [5.41, 5.74) is 6.37. The van der Waals surface area contributed by atoms with E-state index < -0.39 is 0 Å². The molecule has 0 amide bonds. The standard InChI is InChI=1S/C11H15NO.ClH/c12-9-5-7-11(8-6-9)13-10-3-1-2-4-10;/h5-8,10H,1-4,12H2;1H. The normalized spacial score (nSPS) is 16.3. The highest BCUT2D eigenvalue weighted by molar-refractivity contribution is 5.85. The van der Waals surface area contributed by atoms with Crippen molar-refractivity contribution in [2.45, 2.75) is 31.8 Å². The van der Waals surface area contributed by atoms with Gasteiger partial charge >= 0.3 is 0 Å². The maximum absolute atomic E-state index is 5.77. The van der Waals surface area contributed by atoms with Gasteiger partial charge in [0.15, 0.2) is 0 Å². The Morgan fingerprint density at radius 1 is 1.07 bits per heavy atom. The van der Waals surface area contributed by atoms with Crippen LogP contribution in [-0.2, 0) is 0 Å². The van der Waals surface area contributed by atoms with Crippen molar-refractivity contribution < 1.29 is 4.74 Å². The molecule has 0 unspecified atom stereocenters. The van der Waals surface area contributed by atoms with Crippen LogP contribution >= 0.6 is 12.4 Å². The van der Waals surface area contributed by atoms with E-state index in [0.717, 1.165) is 11.4 Å². The third kappa shape index (κ3) is 2.81. The zero-order valence-corrected chi connectivity index (χ0v) is 8.93. The minimum Gasteiger partial charge on any atom is -0.490 e. The van der Waals surface area contributed by atoms with E-state index in [4.69, 9.17) is 10.5 Å². The van der Waals surface area contributed by atoms with Crippen molar-refractivity contribution >= 4 is 18.1 Å². The van der Waals surface area contributed by atoms with Gasteiger partial charge in [0.05, 0.1) is 6.10 Å². The molecule has 3 heteroatoms. The molecule has 0 spiro atoms. The summed E-state index contributed by atoms with van der Waals surface area (Å²) in [7, 11) is 0. The van der Waals surface area contributed by atoms with Crippen molar-refractivity contribution in [3.8, 4) is 5.75 Å². The molecule has 1 aliphatic rings. The Morgan fingerprint density at radius 3 is 2.21 bits per heavy atom. The van der Waals surface area contributed by atoms with Crippen LogP contribution in [0.1, 0.15) is 25.7 Å². The van der Waals surface area contributed by atoms with Gasteiger partial charge in [0.2, 0.25) is 0 Å². The third-order valence-electron chi connectivity index (χ3n) is 2.49. The van der Waals surface area contributed by atoms with Crippen LogP contribution in [0.15, 0.2) is 24.3 Å². The minimum absolute atomic E-state index is 0. The maximum atomic E-state index is 5.77. The topological polar surface area (TPSA) is 35.2 Å². The van der Waals surface area contributed by atoms with Crippen LogP contribution in [0.2, 0.25) is 0 Å². The number of halogens is 1. The summed E-state index contributed by atoms with van der Waals surface area (Å²) in [5.74, 6) is 0.945. The zero-order valence-electron chi connectivity index (χ0n) is 8.11. The molecule has 14 heavy (non-hydrogen) atoms. The predicted octanol–water partition coefficient (Wildman–Crippen LogP) is 3.01. The van der Waals surface area contributed by atoms with Crippen LogP contribution in [0, 0.1) is 0 Å². The first kappa shape index (κ1) is 11.2. The Balaban J connectivity index is 0.000000980. The van der Waals surface area contributed by atoms with Gasteiger partial charge in [-0.1, -0.05) is 0 Å². The van der Waals surface area contributed by atoms with Gasteiger partial charge < -0.3 is 10.5 Å². The lowest BCUT2D eigenvalue weighted by molar-refractivity contribution is 0.210. The summed E-state index contributed by atoms with van der Waals surface area (Å²) in [5, 5.41) is 0. The number of anilines is 1. The first-order chi connectivity index (χ1) is 6.34. The SMILES string of the molecule is Cl.Nc1ccc(OC2CCCC2)cc1. The molecule has 0 radical (unpaired) electrons. The van der Waals surface area contributed by atoms with Gasteiger partial charge in [0, 0.05) is 5.69 Å². The highest BCUT2D eigenvalue weighted by atomic mass is 35.5. The van der Waals surface area contributed by atoms with E-state index in [2.05, 4.69) is 0 Å². The molecular weight excluding hydrogens is 198 g/mol. The molecule has 1 aliphatic carbocycles. The lowest BCUT2D eigenvalue weighted by atomic mass is 10.3. The molecule has 0 heterocycles. The first-order valence-corrected chi connectivity index (χ1v) is 4.87. The molecule has 78 valence electrons. The minimum atomic E-state index is 0. The summed E-state index contributed by atoms with van der Waals surface area (Å²) in [6.45, 7) is 0. The number of rotatable bonds is 2. The summed E-state index contributed by atoms with van der Waals surface area (Å²) < 4.78 is 5.77. The van der Waals surface area contributed by atoms with Gasteiger partial charge in [-0.05, 0) is 49.9 Å². The summed E-state index contributed by atoms with van der Waals surface area (Å²) in [4.78, 5) is 0. The van der Waals surface area contributed by atoms with Gasteiger partial charge in [-0.3, -0.25) is 0 Å². The second kappa shape index (κ2) is 5.11. The van der Waals surface area contributed by atoms with Crippen molar-refractivity contribution in [2.75, 3.05) is 5.73 Å². The molecule has 1 fully saturated rings. The molecule has 2 nitrogen and oxygen atoms in total. The smallest absolute Gasteiger partial charge is 0.119 e. The van der Waals surface area contributed by atoms with E-state index in [1.54, 1.807) is 0 Å². The average Bonchev–Trinajstić information content (AvgIpc) is 2.62. The van der Waals surface area contributed by atoms with Crippen LogP contribution in [0.3, 0.4) is 0 Å². The predicted molar refractivity (Wildman–Crippen MR) is 61.0 cm³/mol. The van der Waals surface area contributed by atoms with Gasteiger partial charge in [-0.15, -0.1) is 12.4 Å². The third-order valence-corrected chi connectivity index (χ3v) is 2.49. The Labute approximate surface area is 90.9 Å². The fourth-order valence-electron chi connectivity index (χ4n) is 1.75. The first-order valence-electron chi connectivity index (χ1n) is 4.87. The lowest BCUT2D eigenvalue weighted by Gasteiger charge is -2.12. The van der Waals surface area contributed by atoms with E-state index in [1.165, 1.54) is 25.7 Å². The molecule has 0 bridgehead atoms. The average molecular weight is 214 g/mol. The highest BCUT2D eigenvalue weighted by Gasteiger charge is 2.15. The van der Waals surface area contributed by atoms with Crippen molar-refractivity contribution in [3.63, 3.8) is 0 Å².